The van der Waals surface area contributed by atoms with Gasteiger partial charge in [-0.1, -0.05) is 256 Å². The van der Waals surface area contributed by atoms with Crippen molar-refractivity contribution in [1.82, 2.24) is 0 Å². The number of hydrogen-bond donors (Lipinski definition) is 0. The van der Waals surface area contributed by atoms with E-state index in [-0.39, 0.29) is 26.7 Å². The predicted octanol–water partition coefficient (Wildman–Crippen LogP) is 24.4. The van der Waals surface area contributed by atoms with Gasteiger partial charge < -0.3 is 0 Å². The van der Waals surface area contributed by atoms with E-state index in [0.29, 0.717) is 11.1 Å². The molecule has 0 saturated carbocycles. The van der Waals surface area contributed by atoms with Gasteiger partial charge in [0.15, 0.2) is 0 Å². The maximum Gasteiger partial charge on any atom is 0.252 e. The Balaban J connectivity index is 1.17. The fourth-order valence-electron chi connectivity index (χ4n) is 15.6. The van der Waals surface area contributed by atoms with Crippen LogP contribution < -0.4 is 0 Å². The average molecular weight is 1120 g/mol. The predicted molar refractivity (Wildman–Crippen MR) is 349 cm³/mol. The summed E-state index contributed by atoms with van der Waals surface area (Å²) in [4.78, 5) is 25.7. The maximum absolute atomic E-state index is 12.9. The van der Waals surface area contributed by atoms with Crippen LogP contribution in [0.1, 0.15) is 288 Å². The molecule has 0 N–H and O–H groups in total. The highest BCUT2D eigenvalue weighted by Crippen LogP contribution is 2.60. The molecule has 0 heterocycles. The lowest BCUT2D eigenvalue weighted by Crippen LogP contribution is -2.26. The van der Waals surface area contributed by atoms with Gasteiger partial charge in [0.25, 0.3) is 10.5 Å². The van der Waals surface area contributed by atoms with Gasteiger partial charge in [-0.25, -0.2) is 0 Å². The van der Waals surface area contributed by atoms with Crippen molar-refractivity contribution in [2.75, 3.05) is 0 Å². The van der Waals surface area contributed by atoms with Crippen LogP contribution in [0.2, 0.25) is 0 Å². The van der Waals surface area contributed by atoms with Crippen LogP contribution in [-0.4, -0.2) is 10.5 Å². The Morgan fingerprint density at radius 3 is 0.667 bits per heavy atom. The highest BCUT2D eigenvalue weighted by atomic mass is 35.5. The fraction of sp³-hybridized carbons (Fsp3) is 0.506. The van der Waals surface area contributed by atoms with E-state index in [0.717, 1.165) is 64.2 Å². The summed E-state index contributed by atoms with van der Waals surface area (Å²) in [6, 6.07) is 42.5. The largest absolute Gasteiger partial charge is 0.276 e. The van der Waals surface area contributed by atoms with Crippen molar-refractivity contribution in [3.63, 3.8) is 0 Å². The van der Waals surface area contributed by atoms with Crippen LogP contribution in [0.4, 0.5) is 0 Å². The number of halogens is 2. The Hall–Kier alpha value is -4.76. The molecule has 0 aromatic heterocycles. The minimum absolute atomic E-state index is 0.113. The van der Waals surface area contributed by atoms with Crippen molar-refractivity contribution < 1.29 is 9.59 Å². The molecule has 0 bridgehead atoms. The number of rotatable bonds is 34. The maximum atomic E-state index is 12.9. The molecule has 0 radical (unpaired) electrons. The summed E-state index contributed by atoms with van der Waals surface area (Å²) in [5.41, 5.74) is 22.5. The normalized spacial score (nSPS) is 14.6. The minimum atomic E-state index is -0.373. The molecule has 3 aliphatic carbocycles. The first kappa shape index (κ1) is 60.8. The van der Waals surface area contributed by atoms with Gasteiger partial charge in [-0.15, -0.1) is 0 Å². The number of carbonyl (C=O) groups is 2. The third kappa shape index (κ3) is 12.6. The average Bonchev–Trinajstić information content (AvgIpc) is 2.45. The molecular weight excluding hydrogens is 1030 g/mol. The number of unbranched alkanes of at least 4 members (excludes halogenated alkanes) is 18. The first-order valence-electron chi connectivity index (χ1n) is 32.8. The molecule has 81 heavy (non-hydrogen) atoms. The van der Waals surface area contributed by atoms with Crippen molar-refractivity contribution in [2.24, 2.45) is 0 Å². The first-order valence-corrected chi connectivity index (χ1v) is 33.6. The van der Waals surface area contributed by atoms with E-state index in [1.54, 1.807) is 0 Å². The number of hydrogen-bond acceptors (Lipinski definition) is 2. The zero-order chi connectivity index (χ0) is 57.0. The molecule has 0 unspecified atom stereocenters. The SMILES string of the molecule is CCCCCCC1(CCCCCC)c2cc(C(=O)Cl)ccc2-c2ccc(-c3ccc4c(c3)C(CCCCCC)(CCCCCC)c3cc(-c5ccc6c(c5)C(CCCCCC)(CCCCCC)c5cc(C(=O)Cl)ccc5-6)ccc3-4)cc21. The Bertz CT molecular complexity index is 2890. The van der Waals surface area contributed by atoms with Crippen LogP contribution in [0, 0.1) is 0 Å². The van der Waals surface area contributed by atoms with Gasteiger partial charge in [0.05, 0.1) is 0 Å². The summed E-state index contributed by atoms with van der Waals surface area (Å²) in [6.07, 6.45) is 35.8. The minimum Gasteiger partial charge on any atom is -0.276 e. The Labute approximate surface area is 500 Å². The molecule has 0 spiro atoms. The smallest absolute Gasteiger partial charge is 0.252 e. The third-order valence-corrected chi connectivity index (χ3v) is 20.4. The van der Waals surface area contributed by atoms with Crippen LogP contribution in [0.15, 0.2) is 109 Å². The highest BCUT2D eigenvalue weighted by Gasteiger charge is 2.46. The van der Waals surface area contributed by atoms with Gasteiger partial charge in [-0.05, 0) is 199 Å². The van der Waals surface area contributed by atoms with Crippen molar-refractivity contribution in [3.05, 3.63) is 154 Å². The van der Waals surface area contributed by atoms with Crippen LogP contribution in [-0.2, 0) is 16.2 Å². The van der Waals surface area contributed by atoms with Crippen molar-refractivity contribution in [3.8, 4) is 55.6 Å². The lowest BCUT2D eigenvalue weighted by atomic mass is 9.69. The second-order valence-corrected chi connectivity index (χ2v) is 25.9. The van der Waals surface area contributed by atoms with Crippen molar-refractivity contribution >= 4 is 33.7 Å². The van der Waals surface area contributed by atoms with Crippen molar-refractivity contribution in [1.29, 1.82) is 0 Å². The van der Waals surface area contributed by atoms with Gasteiger partial charge in [0.2, 0.25) is 0 Å². The zero-order valence-corrected chi connectivity index (χ0v) is 52.2. The van der Waals surface area contributed by atoms with Crippen LogP contribution in [0.3, 0.4) is 0 Å². The molecule has 0 fully saturated rings. The molecule has 3 aliphatic rings. The van der Waals surface area contributed by atoms with E-state index in [9.17, 15) is 9.59 Å². The van der Waals surface area contributed by atoms with Crippen LogP contribution in [0.5, 0.6) is 0 Å². The summed E-state index contributed by atoms with van der Waals surface area (Å²) in [5.74, 6) is 0. The first-order chi connectivity index (χ1) is 39.5. The topological polar surface area (TPSA) is 34.1 Å². The molecule has 2 nitrogen and oxygen atoms in total. The molecule has 9 rings (SSSR count). The van der Waals surface area contributed by atoms with Crippen LogP contribution in [0.25, 0.3) is 55.6 Å². The lowest BCUT2D eigenvalue weighted by molar-refractivity contribution is 0.107. The van der Waals surface area contributed by atoms with Crippen LogP contribution >= 0.6 is 23.2 Å². The molecular formula is C77H96Cl2O2. The number of carbonyl (C=O) groups excluding carboxylic acids is 2. The lowest BCUT2D eigenvalue weighted by Gasteiger charge is -2.34. The molecule has 430 valence electrons. The third-order valence-electron chi connectivity index (χ3n) is 19.9. The van der Waals surface area contributed by atoms with E-state index in [1.807, 2.05) is 12.1 Å². The van der Waals surface area contributed by atoms with E-state index >= 15 is 0 Å². The molecule has 0 atom stereocenters. The van der Waals surface area contributed by atoms with Gasteiger partial charge in [-0.3, -0.25) is 9.59 Å². The second-order valence-electron chi connectivity index (χ2n) is 25.2. The quantitative estimate of drug-likeness (QED) is 0.0298. The molecule has 0 saturated heterocycles. The highest BCUT2D eigenvalue weighted by molar-refractivity contribution is 6.68. The van der Waals surface area contributed by atoms with E-state index in [4.69, 9.17) is 23.2 Å². The monoisotopic (exact) mass is 1120 g/mol. The summed E-state index contributed by atoms with van der Waals surface area (Å²) in [5, 5.41) is -0.746. The van der Waals surface area contributed by atoms with E-state index < -0.39 is 0 Å². The molecule has 0 aliphatic heterocycles. The Morgan fingerprint density at radius 2 is 0.469 bits per heavy atom. The van der Waals surface area contributed by atoms with Gasteiger partial charge in [-0.2, -0.15) is 0 Å². The fourth-order valence-corrected chi connectivity index (χ4v) is 15.8. The summed E-state index contributed by atoms with van der Waals surface area (Å²) < 4.78 is 0. The zero-order valence-electron chi connectivity index (χ0n) is 50.7. The number of fused-ring (bicyclic) bond motifs is 9. The Kier molecular flexibility index (Phi) is 21.2. The van der Waals surface area contributed by atoms with E-state index in [2.05, 4.69) is 139 Å². The molecule has 6 aromatic rings. The standard InChI is InChI=1S/C77H96Cl2O2/c1-7-13-19-25-43-75(44-26-20-14-8-2)67-49-55(57-33-39-63-65-41-35-59(73(78)80)53-71(65)76(69(63)51-57,45-27-21-15-9-3)46-28-22-16-10-4)31-37-61(67)62-38-32-56(50-68(62)75)58-34-40-64-66-42-36-60(74(79)81)54-72(66)77(70(64)52-58,47-29-23-17-11-5)48-30-24-18-12-6/h31-42,49-54H,7-30,43-48H2,1-6H3. The van der Waals surface area contributed by atoms with Gasteiger partial charge in [0, 0.05) is 27.4 Å². The Morgan fingerprint density at radius 1 is 0.272 bits per heavy atom. The summed E-state index contributed by atoms with van der Waals surface area (Å²) >= 11 is 12.6. The van der Waals surface area contributed by atoms with Gasteiger partial charge in [0.1, 0.15) is 0 Å². The van der Waals surface area contributed by atoms with E-state index in [1.165, 1.54) is 217 Å². The van der Waals surface area contributed by atoms with Gasteiger partial charge >= 0.3 is 0 Å². The summed E-state index contributed by atoms with van der Waals surface area (Å²) in [7, 11) is 0. The second kappa shape index (κ2) is 28.2. The van der Waals surface area contributed by atoms with Crippen molar-refractivity contribution in [2.45, 2.75) is 250 Å². The summed E-state index contributed by atoms with van der Waals surface area (Å²) in [6.45, 7) is 13.9. The number of benzene rings is 6. The molecule has 6 aromatic carbocycles. The molecule has 0 amide bonds. The molecule has 4 heteroatoms.